The average Bonchev–Trinajstić information content (AvgIpc) is 2.90. The predicted octanol–water partition coefficient (Wildman–Crippen LogP) is 1.20. The van der Waals surface area contributed by atoms with E-state index in [2.05, 4.69) is 25.7 Å². The second-order valence-electron chi connectivity index (χ2n) is 6.76. The van der Waals surface area contributed by atoms with E-state index >= 15 is 0 Å². The van der Waals surface area contributed by atoms with Crippen molar-refractivity contribution in [2.24, 2.45) is 5.92 Å². The molecule has 0 saturated heterocycles. The molecule has 0 fully saturated rings. The van der Waals surface area contributed by atoms with E-state index in [9.17, 15) is 4.79 Å². The molecule has 0 radical (unpaired) electrons. The number of aryl methyl sites for hydroxylation is 3. The zero-order valence-corrected chi connectivity index (χ0v) is 15.4. The van der Waals surface area contributed by atoms with Crippen molar-refractivity contribution in [3.63, 3.8) is 0 Å². The summed E-state index contributed by atoms with van der Waals surface area (Å²) in [6.07, 6.45) is 2.93. The van der Waals surface area contributed by atoms with E-state index in [1.807, 2.05) is 33.9 Å². The fourth-order valence-electron chi connectivity index (χ4n) is 3.30. The van der Waals surface area contributed by atoms with E-state index in [1.165, 1.54) is 11.1 Å². The third-order valence-electron chi connectivity index (χ3n) is 4.77. The van der Waals surface area contributed by atoms with Gasteiger partial charge in [-0.25, -0.2) is 9.67 Å². The maximum atomic E-state index is 12.5. The predicted molar refractivity (Wildman–Crippen MR) is 94.9 cm³/mol. The van der Waals surface area contributed by atoms with Gasteiger partial charge in [-0.05, 0) is 50.4 Å². The van der Waals surface area contributed by atoms with E-state index in [4.69, 9.17) is 0 Å². The second kappa shape index (κ2) is 7.31. The number of amides is 1. The number of pyridine rings is 1. The van der Waals surface area contributed by atoms with Gasteiger partial charge in [-0.15, -0.1) is 0 Å². The Morgan fingerprint density at radius 2 is 2.20 bits per heavy atom. The van der Waals surface area contributed by atoms with Crippen LogP contribution in [0.3, 0.4) is 0 Å². The Kier molecular flexibility index (Phi) is 5.13. The Hall–Kier alpha value is -2.28. The number of hydrogen-bond acceptors (Lipinski definition) is 5. The molecule has 3 rings (SSSR count). The molecule has 3 heterocycles. The summed E-state index contributed by atoms with van der Waals surface area (Å²) in [6.45, 7) is 10.6. The molecule has 25 heavy (non-hydrogen) atoms. The summed E-state index contributed by atoms with van der Waals surface area (Å²) in [5, 5.41) is 10.8. The first-order chi connectivity index (χ1) is 12.0. The summed E-state index contributed by atoms with van der Waals surface area (Å²) in [5.41, 5.74) is 4.73. The largest absolute Gasteiger partial charge is 0.352 e. The Morgan fingerprint density at radius 1 is 1.40 bits per heavy atom. The van der Waals surface area contributed by atoms with Crippen LogP contribution in [-0.4, -0.2) is 32.2 Å². The maximum absolute atomic E-state index is 12.5. The van der Waals surface area contributed by atoms with Gasteiger partial charge >= 0.3 is 0 Å². The number of carbonyl (C=O) groups is 1. The van der Waals surface area contributed by atoms with Crippen LogP contribution in [0.25, 0.3) is 0 Å². The van der Waals surface area contributed by atoms with Crippen molar-refractivity contribution in [3.8, 4) is 0 Å². The SMILES string of the molecule is Cc1nc(C)n(C[C@H](C)C(=O)NCc2c(C)ncc3c2CCNC3)n1. The van der Waals surface area contributed by atoms with Gasteiger partial charge in [0.05, 0.1) is 12.5 Å². The molecule has 2 aromatic heterocycles. The van der Waals surface area contributed by atoms with Crippen LogP contribution >= 0.6 is 0 Å². The summed E-state index contributed by atoms with van der Waals surface area (Å²) in [6, 6.07) is 0. The molecule has 0 spiro atoms. The summed E-state index contributed by atoms with van der Waals surface area (Å²) in [5.74, 6) is 1.42. The third kappa shape index (κ3) is 3.87. The zero-order valence-electron chi connectivity index (χ0n) is 15.4. The van der Waals surface area contributed by atoms with Crippen LogP contribution in [0.5, 0.6) is 0 Å². The van der Waals surface area contributed by atoms with Gasteiger partial charge in [0.15, 0.2) is 0 Å². The van der Waals surface area contributed by atoms with Crippen molar-refractivity contribution in [1.29, 1.82) is 0 Å². The van der Waals surface area contributed by atoms with Crippen LogP contribution in [0.15, 0.2) is 6.20 Å². The molecule has 0 aliphatic carbocycles. The highest BCUT2D eigenvalue weighted by Gasteiger charge is 2.19. The number of carbonyl (C=O) groups excluding carboxylic acids is 1. The maximum Gasteiger partial charge on any atom is 0.224 e. The first-order valence-corrected chi connectivity index (χ1v) is 8.78. The van der Waals surface area contributed by atoms with E-state index < -0.39 is 0 Å². The van der Waals surface area contributed by atoms with Crippen LogP contribution in [0.2, 0.25) is 0 Å². The average molecular weight is 342 g/mol. The minimum Gasteiger partial charge on any atom is -0.352 e. The molecular formula is C18H26N6O. The van der Waals surface area contributed by atoms with Gasteiger partial charge in [0.2, 0.25) is 5.91 Å². The highest BCUT2D eigenvalue weighted by Crippen LogP contribution is 2.20. The number of hydrogen-bond donors (Lipinski definition) is 2. The van der Waals surface area contributed by atoms with Gasteiger partial charge in [0, 0.05) is 25.0 Å². The van der Waals surface area contributed by atoms with Crippen LogP contribution in [0.1, 0.15) is 41.0 Å². The molecule has 0 unspecified atom stereocenters. The molecule has 134 valence electrons. The van der Waals surface area contributed by atoms with Crippen molar-refractivity contribution < 1.29 is 4.79 Å². The third-order valence-corrected chi connectivity index (χ3v) is 4.77. The molecule has 7 heteroatoms. The van der Waals surface area contributed by atoms with Crippen molar-refractivity contribution in [3.05, 3.63) is 40.2 Å². The van der Waals surface area contributed by atoms with Crippen molar-refractivity contribution in [2.75, 3.05) is 6.54 Å². The van der Waals surface area contributed by atoms with Gasteiger partial charge < -0.3 is 10.6 Å². The van der Waals surface area contributed by atoms with Crippen LogP contribution < -0.4 is 10.6 Å². The topological polar surface area (TPSA) is 84.7 Å². The molecule has 0 aromatic carbocycles. The van der Waals surface area contributed by atoms with Crippen LogP contribution in [0, 0.1) is 26.7 Å². The summed E-state index contributed by atoms with van der Waals surface area (Å²) in [7, 11) is 0. The van der Waals surface area contributed by atoms with Gasteiger partial charge in [-0.1, -0.05) is 6.92 Å². The Morgan fingerprint density at radius 3 is 2.92 bits per heavy atom. The number of rotatable bonds is 5. The molecule has 1 atom stereocenters. The monoisotopic (exact) mass is 342 g/mol. The number of nitrogens with zero attached hydrogens (tertiary/aromatic N) is 4. The van der Waals surface area contributed by atoms with Gasteiger partial charge in [-0.3, -0.25) is 9.78 Å². The second-order valence-corrected chi connectivity index (χ2v) is 6.76. The Balaban J connectivity index is 1.65. The fourth-order valence-corrected chi connectivity index (χ4v) is 3.30. The van der Waals surface area contributed by atoms with E-state index in [-0.39, 0.29) is 11.8 Å². The van der Waals surface area contributed by atoms with Crippen LogP contribution in [0.4, 0.5) is 0 Å². The normalized spacial score (nSPS) is 14.9. The smallest absolute Gasteiger partial charge is 0.224 e. The summed E-state index contributed by atoms with van der Waals surface area (Å²) >= 11 is 0. The number of nitrogens with one attached hydrogen (secondary N) is 2. The lowest BCUT2D eigenvalue weighted by atomic mass is 9.96. The van der Waals surface area contributed by atoms with E-state index in [0.717, 1.165) is 42.4 Å². The highest BCUT2D eigenvalue weighted by atomic mass is 16.1. The molecule has 2 aromatic rings. The lowest BCUT2D eigenvalue weighted by Crippen LogP contribution is -2.33. The molecule has 1 aliphatic rings. The van der Waals surface area contributed by atoms with Gasteiger partial charge in [0.25, 0.3) is 0 Å². The molecule has 0 saturated carbocycles. The Bertz CT molecular complexity index is 782. The molecule has 7 nitrogen and oxygen atoms in total. The Labute approximate surface area is 148 Å². The highest BCUT2D eigenvalue weighted by molar-refractivity contribution is 5.78. The quantitative estimate of drug-likeness (QED) is 0.853. The first-order valence-electron chi connectivity index (χ1n) is 8.78. The standard InChI is InChI=1S/C18H26N6O/c1-11(10-24-14(4)22-13(3)23-24)18(25)21-9-17-12(2)20-8-15-7-19-6-5-16(15)17/h8,11,19H,5-7,9-10H2,1-4H3,(H,21,25)/t11-/m0/s1. The molecular weight excluding hydrogens is 316 g/mol. The van der Waals surface area contributed by atoms with Crippen molar-refractivity contribution in [1.82, 2.24) is 30.4 Å². The van der Waals surface area contributed by atoms with Gasteiger partial charge in [-0.2, -0.15) is 5.10 Å². The minimum absolute atomic E-state index is 0.0264. The number of aromatic nitrogens is 4. The van der Waals surface area contributed by atoms with E-state index in [0.29, 0.717) is 13.1 Å². The molecule has 0 bridgehead atoms. The van der Waals surface area contributed by atoms with E-state index in [1.54, 1.807) is 4.68 Å². The minimum atomic E-state index is -0.172. The summed E-state index contributed by atoms with van der Waals surface area (Å²) in [4.78, 5) is 21.3. The molecule has 1 amide bonds. The molecule has 2 N–H and O–H groups in total. The van der Waals surface area contributed by atoms with Crippen molar-refractivity contribution >= 4 is 5.91 Å². The van der Waals surface area contributed by atoms with Crippen LogP contribution in [-0.2, 0) is 30.8 Å². The van der Waals surface area contributed by atoms with Gasteiger partial charge in [0.1, 0.15) is 11.6 Å². The lowest BCUT2D eigenvalue weighted by Gasteiger charge is -2.22. The lowest BCUT2D eigenvalue weighted by molar-refractivity contribution is -0.125. The zero-order chi connectivity index (χ0) is 18.0. The number of fused-ring (bicyclic) bond motifs is 1. The van der Waals surface area contributed by atoms with Crippen molar-refractivity contribution in [2.45, 2.75) is 53.8 Å². The molecule has 1 aliphatic heterocycles. The fraction of sp³-hybridized carbons (Fsp3) is 0.556. The first kappa shape index (κ1) is 17.5. The summed E-state index contributed by atoms with van der Waals surface area (Å²) < 4.78 is 1.79.